The van der Waals surface area contributed by atoms with Gasteiger partial charge in [-0.25, -0.2) is 14.5 Å². The molecule has 4 aromatic rings. The second-order valence-corrected chi connectivity index (χ2v) is 6.90. The number of fused-ring (bicyclic) bond motifs is 1. The Morgan fingerprint density at radius 1 is 1.16 bits per heavy atom. The first-order valence-corrected chi connectivity index (χ1v) is 8.99. The zero-order chi connectivity index (χ0) is 17.4. The minimum Gasteiger partial charge on any atom is -0.493 e. The summed E-state index contributed by atoms with van der Waals surface area (Å²) in [5.41, 5.74) is 2.85. The molecule has 0 fully saturated rings. The number of rotatable bonds is 5. The van der Waals surface area contributed by atoms with Crippen LogP contribution in [-0.4, -0.2) is 31.3 Å². The molecule has 0 bridgehead atoms. The number of imidazole rings is 1. The van der Waals surface area contributed by atoms with E-state index < -0.39 is 0 Å². The average molecular weight is 353 g/mol. The quantitative estimate of drug-likeness (QED) is 0.552. The predicted molar refractivity (Wildman–Crippen MR) is 98.2 cm³/mol. The van der Waals surface area contributed by atoms with Gasteiger partial charge in [0.15, 0.2) is 17.2 Å². The first-order chi connectivity index (χ1) is 12.2. The molecule has 25 heavy (non-hydrogen) atoms. The molecule has 7 heteroatoms. The van der Waals surface area contributed by atoms with Gasteiger partial charge in [0.2, 0.25) is 0 Å². The number of hydrogen-bond donors (Lipinski definition) is 0. The Morgan fingerprint density at radius 2 is 2.04 bits per heavy atom. The normalized spacial score (nSPS) is 11.3. The highest BCUT2D eigenvalue weighted by atomic mass is 32.1. The van der Waals surface area contributed by atoms with Gasteiger partial charge >= 0.3 is 0 Å². The third kappa shape index (κ3) is 2.91. The summed E-state index contributed by atoms with van der Waals surface area (Å²) >= 11 is 1.70. The van der Waals surface area contributed by atoms with Crippen LogP contribution in [0, 0.1) is 6.92 Å². The van der Waals surface area contributed by atoms with Gasteiger partial charge in [0, 0.05) is 25.4 Å². The summed E-state index contributed by atoms with van der Waals surface area (Å²) in [5.74, 6) is 2.54. The van der Waals surface area contributed by atoms with E-state index in [0.29, 0.717) is 0 Å². The molecule has 6 nitrogen and oxygen atoms in total. The molecule has 4 rings (SSSR count). The van der Waals surface area contributed by atoms with Crippen LogP contribution >= 0.6 is 11.3 Å². The number of nitrogens with zero attached hydrogens (tertiary/aromatic N) is 5. The van der Waals surface area contributed by atoms with Crippen molar-refractivity contribution in [3.05, 3.63) is 53.1 Å². The molecule has 0 unspecified atom stereocenters. The second-order valence-electron chi connectivity index (χ2n) is 5.95. The van der Waals surface area contributed by atoms with Crippen LogP contribution in [0.1, 0.15) is 17.2 Å². The number of ether oxygens (including phenoxy) is 1. The number of pyridine rings is 1. The Labute approximate surface area is 149 Å². The summed E-state index contributed by atoms with van der Waals surface area (Å²) in [6, 6.07) is 8.05. The molecular formula is C18H19N5OS. The van der Waals surface area contributed by atoms with Crippen molar-refractivity contribution >= 4 is 17.0 Å². The lowest BCUT2D eigenvalue weighted by atomic mass is 10.2. The van der Waals surface area contributed by atoms with Crippen molar-refractivity contribution in [2.45, 2.75) is 19.8 Å². The topological polar surface area (TPSA) is 57.2 Å². The van der Waals surface area contributed by atoms with Gasteiger partial charge in [0.1, 0.15) is 5.82 Å². The molecule has 0 spiro atoms. The highest BCUT2D eigenvalue weighted by molar-refractivity contribution is 7.13. The summed E-state index contributed by atoms with van der Waals surface area (Å²) in [6.07, 6.45) is 3.62. The Morgan fingerprint density at radius 3 is 2.80 bits per heavy atom. The smallest absolute Gasteiger partial charge is 0.198 e. The van der Waals surface area contributed by atoms with E-state index in [9.17, 15) is 0 Å². The maximum absolute atomic E-state index is 5.38. The van der Waals surface area contributed by atoms with Gasteiger partial charge in [-0.15, -0.1) is 11.3 Å². The Bertz CT molecular complexity index is 1020. The van der Waals surface area contributed by atoms with Gasteiger partial charge in [-0.1, -0.05) is 6.07 Å². The fourth-order valence-corrected chi connectivity index (χ4v) is 3.65. The summed E-state index contributed by atoms with van der Waals surface area (Å²) in [6.45, 7) is 2.01. The van der Waals surface area contributed by atoms with Crippen molar-refractivity contribution in [2.75, 3.05) is 7.11 Å². The SMILES string of the molecule is COc1ccc(C)n2nc(CCc3cn(C)c(-c4cccs4)n3)nc12. The van der Waals surface area contributed by atoms with Crippen molar-refractivity contribution in [3.8, 4) is 16.5 Å². The molecule has 128 valence electrons. The standard InChI is InChI=1S/C18H19N5OS/c1-12-6-8-14(24-3)17-20-16(21-23(12)17)9-7-13-11-22(2)18(19-13)15-5-4-10-25-15/h4-6,8,10-11H,7,9H2,1-3H3. The molecule has 0 aliphatic heterocycles. The van der Waals surface area contributed by atoms with Gasteiger partial charge < -0.3 is 9.30 Å². The number of hydrogen-bond acceptors (Lipinski definition) is 5. The minimum absolute atomic E-state index is 0.738. The van der Waals surface area contributed by atoms with Crippen LogP contribution in [0.2, 0.25) is 0 Å². The van der Waals surface area contributed by atoms with Crippen molar-refractivity contribution < 1.29 is 4.74 Å². The van der Waals surface area contributed by atoms with Gasteiger partial charge in [-0.2, -0.15) is 5.10 Å². The fourth-order valence-electron chi connectivity index (χ4n) is 2.89. The number of methoxy groups -OCH3 is 1. The Kier molecular flexibility index (Phi) is 4.01. The van der Waals surface area contributed by atoms with E-state index in [1.54, 1.807) is 18.4 Å². The Balaban J connectivity index is 1.57. The molecular weight excluding hydrogens is 334 g/mol. The molecule has 0 amide bonds. The van der Waals surface area contributed by atoms with E-state index in [1.165, 1.54) is 4.88 Å². The maximum atomic E-state index is 5.38. The molecule has 0 aliphatic rings. The van der Waals surface area contributed by atoms with Crippen molar-refractivity contribution in [1.82, 2.24) is 24.1 Å². The van der Waals surface area contributed by atoms with E-state index in [4.69, 9.17) is 9.72 Å². The van der Waals surface area contributed by atoms with E-state index in [1.807, 2.05) is 36.7 Å². The molecule has 0 atom stereocenters. The van der Waals surface area contributed by atoms with E-state index in [2.05, 4.69) is 32.3 Å². The zero-order valence-electron chi connectivity index (χ0n) is 14.4. The molecule has 0 aromatic carbocycles. The van der Waals surface area contributed by atoms with Crippen LogP contribution in [-0.2, 0) is 19.9 Å². The summed E-state index contributed by atoms with van der Waals surface area (Å²) in [5, 5.41) is 6.68. The molecule has 4 aromatic heterocycles. The fraction of sp³-hybridized carbons (Fsp3) is 0.278. The van der Waals surface area contributed by atoms with Crippen LogP contribution in [0.25, 0.3) is 16.3 Å². The van der Waals surface area contributed by atoms with Crippen molar-refractivity contribution in [3.63, 3.8) is 0 Å². The molecule has 0 saturated carbocycles. The molecule has 0 aliphatic carbocycles. The first-order valence-electron chi connectivity index (χ1n) is 8.11. The van der Waals surface area contributed by atoms with Crippen LogP contribution in [0.3, 0.4) is 0 Å². The van der Waals surface area contributed by atoms with Crippen LogP contribution in [0.5, 0.6) is 5.75 Å². The Hall–Kier alpha value is -2.67. The monoisotopic (exact) mass is 353 g/mol. The zero-order valence-corrected chi connectivity index (χ0v) is 15.2. The van der Waals surface area contributed by atoms with Gasteiger partial charge in [-0.05, 0) is 36.9 Å². The predicted octanol–water partition coefficient (Wildman–Crippen LogP) is 3.29. The van der Waals surface area contributed by atoms with Gasteiger partial charge in [0.05, 0.1) is 17.7 Å². The van der Waals surface area contributed by atoms with E-state index in [-0.39, 0.29) is 0 Å². The van der Waals surface area contributed by atoms with Crippen LogP contribution in [0.15, 0.2) is 35.8 Å². The van der Waals surface area contributed by atoms with Crippen molar-refractivity contribution in [2.24, 2.45) is 7.05 Å². The average Bonchev–Trinajstić information content (AvgIpc) is 3.32. The van der Waals surface area contributed by atoms with Crippen LogP contribution in [0.4, 0.5) is 0 Å². The molecule has 0 radical (unpaired) electrons. The highest BCUT2D eigenvalue weighted by Gasteiger charge is 2.13. The first kappa shape index (κ1) is 15.8. The van der Waals surface area contributed by atoms with E-state index >= 15 is 0 Å². The maximum Gasteiger partial charge on any atom is 0.198 e. The lowest BCUT2D eigenvalue weighted by Crippen LogP contribution is -1.97. The second kappa shape index (κ2) is 6.33. The largest absolute Gasteiger partial charge is 0.493 e. The molecule has 0 N–H and O–H groups in total. The van der Waals surface area contributed by atoms with Gasteiger partial charge in [-0.3, -0.25) is 0 Å². The van der Waals surface area contributed by atoms with E-state index in [0.717, 1.165) is 47.3 Å². The lowest BCUT2D eigenvalue weighted by molar-refractivity contribution is 0.416. The summed E-state index contributed by atoms with van der Waals surface area (Å²) in [7, 11) is 3.68. The number of aromatic nitrogens is 5. The number of thiophene rings is 1. The highest BCUT2D eigenvalue weighted by Crippen LogP contribution is 2.24. The van der Waals surface area contributed by atoms with Gasteiger partial charge in [0.25, 0.3) is 0 Å². The third-order valence-corrected chi connectivity index (χ3v) is 5.04. The molecule has 4 heterocycles. The van der Waals surface area contributed by atoms with Crippen molar-refractivity contribution in [1.29, 1.82) is 0 Å². The van der Waals surface area contributed by atoms with Crippen LogP contribution < -0.4 is 4.74 Å². The summed E-state index contributed by atoms with van der Waals surface area (Å²) in [4.78, 5) is 10.6. The number of aryl methyl sites for hydroxylation is 4. The minimum atomic E-state index is 0.738. The third-order valence-electron chi connectivity index (χ3n) is 4.17. The molecule has 0 saturated heterocycles. The summed E-state index contributed by atoms with van der Waals surface area (Å²) < 4.78 is 9.29. The lowest BCUT2D eigenvalue weighted by Gasteiger charge is -2.02.